The molecule has 2 aliphatic rings. The van der Waals surface area contributed by atoms with E-state index in [1.807, 2.05) is 0 Å². The van der Waals surface area contributed by atoms with Crippen LogP contribution in [0.5, 0.6) is 0 Å². The first-order valence-corrected chi connectivity index (χ1v) is 8.00. The van der Waals surface area contributed by atoms with E-state index in [0.717, 1.165) is 13.0 Å². The fourth-order valence-electron chi connectivity index (χ4n) is 4.14. The molecule has 1 aromatic heterocycles. The number of rotatable bonds is 5. The van der Waals surface area contributed by atoms with Gasteiger partial charge in [-0.25, -0.2) is 0 Å². The van der Waals surface area contributed by atoms with Gasteiger partial charge in [0.1, 0.15) is 0 Å². The lowest BCUT2D eigenvalue weighted by molar-refractivity contribution is 0.281. The van der Waals surface area contributed by atoms with Gasteiger partial charge in [0.25, 0.3) is 0 Å². The largest absolute Gasteiger partial charge is 0.319 e. The zero-order valence-corrected chi connectivity index (χ0v) is 12.2. The van der Waals surface area contributed by atoms with Crippen LogP contribution in [0.25, 0.3) is 0 Å². The van der Waals surface area contributed by atoms with Crippen molar-refractivity contribution in [1.82, 2.24) is 15.1 Å². The molecule has 0 radical (unpaired) electrons. The van der Waals surface area contributed by atoms with E-state index in [1.54, 1.807) is 0 Å². The highest BCUT2D eigenvalue weighted by Gasteiger charge is 2.34. The van der Waals surface area contributed by atoms with Crippen LogP contribution >= 0.6 is 0 Å². The second-order valence-corrected chi connectivity index (χ2v) is 6.64. The summed E-state index contributed by atoms with van der Waals surface area (Å²) in [7, 11) is 2.08. The Bertz CT molecular complexity index is 398. The molecule has 1 heterocycles. The molecule has 2 aliphatic carbocycles. The summed E-state index contributed by atoms with van der Waals surface area (Å²) < 4.78 is 2.24. The first-order chi connectivity index (χ1) is 9.31. The van der Waals surface area contributed by atoms with Gasteiger partial charge >= 0.3 is 0 Å². The molecule has 19 heavy (non-hydrogen) atoms. The van der Waals surface area contributed by atoms with E-state index < -0.39 is 0 Å². The van der Waals surface area contributed by atoms with Gasteiger partial charge in [-0.15, -0.1) is 0 Å². The van der Waals surface area contributed by atoms with E-state index in [0.29, 0.717) is 11.5 Å². The molecule has 0 amide bonds. The van der Waals surface area contributed by atoms with Gasteiger partial charge < -0.3 is 5.32 Å². The fourth-order valence-corrected chi connectivity index (χ4v) is 4.14. The molecule has 2 saturated carbocycles. The fraction of sp³-hybridized carbons (Fsp3) is 0.812. The predicted molar refractivity (Wildman–Crippen MR) is 78.3 cm³/mol. The highest BCUT2D eigenvalue weighted by Crippen LogP contribution is 2.40. The van der Waals surface area contributed by atoms with Crippen molar-refractivity contribution in [2.24, 2.45) is 5.41 Å². The maximum Gasteiger partial charge on any atom is 0.0630 e. The number of hydrogen-bond donors (Lipinski definition) is 1. The highest BCUT2D eigenvalue weighted by atomic mass is 15.3. The molecule has 0 spiro atoms. The van der Waals surface area contributed by atoms with Gasteiger partial charge in [0, 0.05) is 12.7 Å². The first-order valence-electron chi connectivity index (χ1n) is 8.00. The van der Waals surface area contributed by atoms with Crippen LogP contribution in [0.4, 0.5) is 0 Å². The van der Waals surface area contributed by atoms with Crippen LogP contribution < -0.4 is 5.32 Å². The van der Waals surface area contributed by atoms with Crippen LogP contribution in [-0.4, -0.2) is 23.4 Å². The summed E-state index contributed by atoms with van der Waals surface area (Å²) in [5.74, 6) is 0. The third kappa shape index (κ3) is 2.86. The van der Waals surface area contributed by atoms with Crippen molar-refractivity contribution in [2.45, 2.75) is 63.8 Å². The van der Waals surface area contributed by atoms with E-state index in [-0.39, 0.29) is 0 Å². The first kappa shape index (κ1) is 13.2. The van der Waals surface area contributed by atoms with Crippen LogP contribution in [0.2, 0.25) is 0 Å². The van der Waals surface area contributed by atoms with Crippen LogP contribution in [0, 0.1) is 5.41 Å². The van der Waals surface area contributed by atoms with Crippen LogP contribution in [0.1, 0.15) is 63.1 Å². The lowest BCUT2D eigenvalue weighted by Crippen LogP contribution is -2.32. The monoisotopic (exact) mass is 261 g/mol. The molecule has 2 fully saturated rings. The summed E-state index contributed by atoms with van der Waals surface area (Å²) in [6.45, 7) is 1.14. The van der Waals surface area contributed by atoms with Gasteiger partial charge in [-0.1, -0.05) is 25.7 Å². The average Bonchev–Trinajstić information content (AvgIpc) is 3.10. The molecule has 0 aliphatic heterocycles. The van der Waals surface area contributed by atoms with Crippen molar-refractivity contribution >= 4 is 0 Å². The van der Waals surface area contributed by atoms with Crippen molar-refractivity contribution in [1.29, 1.82) is 0 Å². The molecule has 3 rings (SSSR count). The molecule has 106 valence electrons. The Labute approximate surface area is 116 Å². The van der Waals surface area contributed by atoms with Crippen molar-refractivity contribution in [3.8, 4) is 0 Å². The van der Waals surface area contributed by atoms with Gasteiger partial charge in [-0.05, 0) is 50.6 Å². The SMILES string of the molecule is CNCC1(Cc2ccn(C3CCCC3)n2)CCCC1. The Morgan fingerprint density at radius 2 is 2.00 bits per heavy atom. The maximum atomic E-state index is 4.87. The van der Waals surface area contributed by atoms with Gasteiger partial charge in [0.15, 0.2) is 0 Å². The quantitative estimate of drug-likeness (QED) is 0.881. The van der Waals surface area contributed by atoms with E-state index >= 15 is 0 Å². The minimum atomic E-state index is 0.476. The molecule has 0 bridgehead atoms. The molecular weight excluding hydrogens is 234 g/mol. The van der Waals surface area contributed by atoms with Crippen molar-refractivity contribution in [3.63, 3.8) is 0 Å². The Morgan fingerprint density at radius 1 is 1.26 bits per heavy atom. The predicted octanol–water partition coefficient (Wildman–Crippen LogP) is 3.32. The Balaban J connectivity index is 1.68. The van der Waals surface area contributed by atoms with Crippen LogP contribution in [0.15, 0.2) is 12.3 Å². The molecule has 3 nitrogen and oxygen atoms in total. The number of hydrogen-bond acceptors (Lipinski definition) is 2. The van der Waals surface area contributed by atoms with E-state index in [1.165, 1.54) is 57.1 Å². The summed E-state index contributed by atoms with van der Waals surface area (Å²) in [6, 6.07) is 2.94. The summed E-state index contributed by atoms with van der Waals surface area (Å²) >= 11 is 0. The van der Waals surface area contributed by atoms with Gasteiger partial charge in [0.05, 0.1) is 11.7 Å². The van der Waals surface area contributed by atoms with Crippen LogP contribution in [0.3, 0.4) is 0 Å². The molecule has 0 saturated heterocycles. The average molecular weight is 261 g/mol. The molecule has 3 heteroatoms. The molecule has 1 aromatic rings. The molecule has 0 atom stereocenters. The second-order valence-electron chi connectivity index (χ2n) is 6.64. The number of aromatic nitrogens is 2. The smallest absolute Gasteiger partial charge is 0.0630 e. The van der Waals surface area contributed by atoms with Crippen molar-refractivity contribution in [2.75, 3.05) is 13.6 Å². The maximum absolute atomic E-state index is 4.87. The molecular formula is C16H27N3. The van der Waals surface area contributed by atoms with Crippen LogP contribution in [-0.2, 0) is 6.42 Å². The Morgan fingerprint density at radius 3 is 2.68 bits per heavy atom. The lowest BCUT2D eigenvalue weighted by Gasteiger charge is -2.27. The number of nitrogens with one attached hydrogen (secondary N) is 1. The van der Waals surface area contributed by atoms with E-state index in [2.05, 4.69) is 29.3 Å². The molecule has 0 aromatic carbocycles. The van der Waals surface area contributed by atoms with Crippen molar-refractivity contribution in [3.05, 3.63) is 18.0 Å². The van der Waals surface area contributed by atoms with Gasteiger partial charge in [0.2, 0.25) is 0 Å². The van der Waals surface area contributed by atoms with E-state index in [9.17, 15) is 0 Å². The van der Waals surface area contributed by atoms with Gasteiger partial charge in [-0.3, -0.25) is 4.68 Å². The summed E-state index contributed by atoms with van der Waals surface area (Å²) in [5, 5.41) is 8.27. The summed E-state index contributed by atoms with van der Waals surface area (Å²) in [5.41, 5.74) is 1.79. The second kappa shape index (κ2) is 5.66. The minimum absolute atomic E-state index is 0.476. The topological polar surface area (TPSA) is 29.9 Å². The minimum Gasteiger partial charge on any atom is -0.319 e. The third-order valence-corrected chi connectivity index (χ3v) is 5.13. The zero-order chi connectivity index (χ0) is 13.1. The highest BCUT2D eigenvalue weighted by molar-refractivity contribution is 5.06. The standard InChI is InChI=1S/C16H27N3/c1-17-13-16(9-4-5-10-16)12-14-8-11-19(18-14)15-6-2-3-7-15/h8,11,15,17H,2-7,9-10,12-13H2,1H3. The van der Waals surface area contributed by atoms with E-state index in [4.69, 9.17) is 5.10 Å². The number of nitrogens with zero attached hydrogens (tertiary/aromatic N) is 2. The van der Waals surface area contributed by atoms with Crippen molar-refractivity contribution < 1.29 is 0 Å². The Hall–Kier alpha value is -0.830. The summed E-state index contributed by atoms with van der Waals surface area (Å²) in [6.07, 6.45) is 14.3. The molecule has 0 unspecified atom stereocenters. The summed E-state index contributed by atoms with van der Waals surface area (Å²) in [4.78, 5) is 0. The normalized spacial score (nSPS) is 23.2. The Kier molecular flexibility index (Phi) is 3.92. The lowest BCUT2D eigenvalue weighted by atomic mass is 9.81. The third-order valence-electron chi connectivity index (χ3n) is 5.13. The zero-order valence-electron chi connectivity index (χ0n) is 12.2. The van der Waals surface area contributed by atoms with Gasteiger partial charge in [-0.2, -0.15) is 5.10 Å². The molecule has 1 N–H and O–H groups in total.